The number of likely N-dealkylation sites (tertiary alicyclic amines) is 1. The van der Waals surface area contributed by atoms with Crippen LogP contribution in [-0.4, -0.2) is 50.8 Å². The standard InChI is InChI=1S/C20H30N6/c1-16-13-18(8-9-21-16)26-12-6-7-17(14-26)20-23-22-19(24(20)2)15-25-10-4-3-5-11-25/h8-9,13,17H,3-7,10-12,14-15H2,1-2H3. The average molecular weight is 355 g/mol. The van der Waals surface area contributed by atoms with Crippen LogP contribution in [0.1, 0.15) is 55.4 Å². The third-order valence-corrected chi connectivity index (χ3v) is 5.84. The highest BCUT2D eigenvalue weighted by Crippen LogP contribution is 2.29. The Hall–Kier alpha value is -1.95. The number of hydrogen-bond acceptors (Lipinski definition) is 5. The van der Waals surface area contributed by atoms with Gasteiger partial charge in [0.2, 0.25) is 0 Å². The van der Waals surface area contributed by atoms with Crippen molar-refractivity contribution >= 4 is 5.69 Å². The van der Waals surface area contributed by atoms with Gasteiger partial charge in [-0.05, 0) is 57.8 Å². The first-order chi connectivity index (χ1) is 12.7. The summed E-state index contributed by atoms with van der Waals surface area (Å²) >= 11 is 0. The summed E-state index contributed by atoms with van der Waals surface area (Å²) in [4.78, 5) is 9.32. The SMILES string of the molecule is Cc1cc(N2CCCC(c3nnc(CN4CCCCC4)n3C)C2)ccn1. The largest absolute Gasteiger partial charge is 0.371 e. The molecule has 2 fully saturated rings. The Morgan fingerprint density at radius 2 is 1.92 bits per heavy atom. The molecule has 6 heteroatoms. The van der Waals surface area contributed by atoms with Crippen LogP contribution in [0.15, 0.2) is 18.3 Å². The van der Waals surface area contributed by atoms with E-state index in [1.807, 2.05) is 6.20 Å². The van der Waals surface area contributed by atoms with Gasteiger partial charge in [-0.25, -0.2) is 0 Å². The molecule has 4 rings (SSSR count). The van der Waals surface area contributed by atoms with Crippen LogP contribution >= 0.6 is 0 Å². The molecule has 0 N–H and O–H groups in total. The molecule has 2 aliphatic heterocycles. The molecule has 0 aromatic carbocycles. The van der Waals surface area contributed by atoms with Gasteiger partial charge in [-0.3, -0.25) is 9.88 Å². The van der Waals surface area contributed by atoms with Crippen molar-refractivity contribution in [1.29, 1.82) is 0 Å². The number of rotatable bonds is 4. The van der Waals surface area contributed by atoms with Gasteiger partial charge in [0.05, 0.1) is 6.54 Å². The Bertz CT molecular complexity index is 734. The molecular weight excluding hydrogens is 324 g/mol. The maximum Gasteiger partial charge on any atom is 0.146 e. The van der Waals surface area contributed by atoms with E-state index < -0.39 is 0 Å². The van der Waals surface area contributed by atoms with Crippen LogP contribution in [0.2, 0.25) is 0 Å². The van der Waals surface area contributed by atoms with Gasteiger partial charge in [0.15, 0.2) is 0 Å². The van der Waals surface area contributed by atoms with Crippen molar-refractivity contribution in [3.63, 3.8) is 0 Å². The summed E-state index contributed by atoms with van der Waals surface area (Å²) in [5, 5.41) is 9.14. The van der Waals surface area contributed by atoms with Gasteiger partial charge in [-0.2, -0.15) is 0 Å². The molecule has 140 valence electrons. The Balaban J connectivity index is 1.46. The van der Waals surface area contributed by atoms with Crippen molar-refractivity contribution in [1.82, 2.24) is 24.6 Å². The van der Waals surface area contributed by atoms with Crippen molar-refractivity contribution in [2.45, 2.75) is 51.5 Å². The summed E-state index contributed by atoms with van der Waals surface area (Å²) in [6, 6.07) is 4.30. The highest BCUT2D eigenvalue weighted by molar-refractivity contribution is 5.47. The van der Waals surface area contributed by atoms with E-state index in [1.165, 1.54) is 50.9 Å². The van der Waals surface area contributed by atoms with Crippen LogP contribution in [0.4, 0.5) is 5.69 Å². The van der Waals surface area contributed by atoms with E-state index in [-0.39, 0.29) is 0 Å². The Labute approximate surface area is 156 Å². The number of anilines is 1. The summed E-state index contributed by atoms with van der Waals surface area (Å²) in [5.74, 6) is 2.70. The molecule has 4 heterocycles. The topological polar surface area (TPSA) is 50.1 Å². The molecule has 0 spiro atoms. The van der Waals surface area contributed by atoms with Crippen molar-refractivity contribution in [3.8, 4) is 0 Å². The molecule has 2 aliphatic rings. The number of hydrogen-bond donors (Lipinski definition) is 0. The van der Waals surface area contributed by atoms with E-state index in [0.29, 0.717) is 5.92 Å². The van der Waals surface area contributed by atoms with Crippen LogP contribution < -0.4 is 4.90 Å². The van der Waals surface area contributed by atoms with Crippen LogP contribution in [-0.2, 0) is 13.6 Å². The average Bonchev–Trinajstić information content (AvgIpc) is 3.03. The molecule has 6 nitrogen and oxygen atoms in total. The number of aromatic nitrogens is 4. The lowest BCUT2D eigenvalue weighted by molar-refractivity contribution is 0.213. The summed E-state index contributed by atoms with van der Waals surface area (Å²) in [6.45, 7) is 7.50. The van der Waals surface area contributed by atoms with Gasteiger partial charge >= 0.3 is 0 Å². The Kier molecular flexibility index (Phi) is 5.20. The van der Waals surface area contributed by atoms with Crippen molar-refractivity contribution in [3.05, 3.63) is 35.7 Å². The molecule has 2 aromatic heterocycles. The third kappa shape index (κ3) is 3.75. The highest BCUT2D eigenvalue weighted by Gasteiger charge is 2.26. The van der Waals surface area contributed by atoms with Crippen molar-refractivity contribution in [2.24, 2.45) is 7.05 Å². The number of piperidine rings is 2. The van der Waals surface area contributed by atoms with Crippen molar-refractivity contribution < 1.29 is 0 Å². The fraction of sp³-hybridized carbons (Fsp3) is 0.650. The summed E-state index contributed by atoms with van der Waals surface area (Å²) in [6.07, 6.45) is 8.29. The van der Waals surface area contributed by atoms with Gasteiger partial charge in [-0.1, -0.05) is 6.42 Å². The zero-order valence-corrected chi connectivity index (χ0v) is 16.1. The molecule has 0 amide bonds. The van der Waals surface area contributed by atoms with Crippen LogP contribution in [0, 0.1) is 6.92 Å². The quantitative estimate of drug-likeness (QED) is 0.845. The van der Waals surface area contributed by atoms with Gasteiger partial charge in [0.25, 0.3) is 0 Å². The zero-order valence-electron chi connectivity index (χ0n) is 16.1. The molecule has 0 saturated carbocycles. The lowest BCUT2D eigenvalue weighted by Crippen LogP contribution is -2.35. The van der Waals surface area contributed by atoms with Gasteiger partial charge < -0.3 is 9.47 Å². The minimum absolute atomic E-state index is 0.449. The monoisotopic (exact) mass is 354 g/mol. The Morgan fingerprint density at radius 1 is 1.08 bits per heavy atom. The van der Waals surface area contributed by atoms with Crippen LogP contribution in [0.25, 0.3) is 0 Å². The number of aryl methyl sites for hydroxylation is 1. The first-order valence-electron chi connectivity index (χ1n) is 9.99. The molecule has 0 aliphatic carbocycles. The first kappa shape index (κ1) is 17.5. The molecule has 0 bridgehead atoms. The molecular formula is C20H30N6. The van der Waals surface area contributed by atoms with E-state index in [9.17, 15) is 0 Å². The number of nitrogens with zero attached hydrogens (tertiary/aromatic N) is 6. The van der Waals surface area contributed by atoms with Gasteiger partial charge in [0.1, 0.15) is 11.6 Å². The third-order valence-electron chi connectivity index (χ3n) is 5.84. The predicted molar refractivity (Wildman–Crippen MR) is 103 cm³/mol. The van der Waals surface area contributed by atoms with E-state index in [4.69, 9.17) is 0 Å². The molecule has 26 heavy (non-hydrogen) atoms. The summed E-state index contributed by atoms with van der Waals surface area (Å²) in [5.41, 5.74) is 2.35. The molecule has 2 saturated heterocycles. The normalized spacial score (nSPS) is 21.9. The van der Waals surface area contributed by atoms with Gasteiger partial charge in [-0.15, -0.1) is 10.2 Å². The van der Waals surface area contributed by atoms with Gasteiger partial charge in [0, 0.05) is 43.6 Å². The zero-order chi connectivity index (χ0) is 17.9. The van der Waals surface area contributed by atoms with E-state index in [2.05, 4.69) is 55.7 Å². The second-order valence-corrected chi connectivity index (χ2v) is 7.81. The van der Waals surface area contributed by atoms with E-state index >= 15 is 0 Å². The molecule has 0 radical (unpaired) electrons. The van der Waals surface area contributed by atoms with Crippen LogP contribution in [0.5, 0.6) is 0 Å². The highest BCUT2D eigenvalue weighted by atomic mass is 15.3. The van der Waals surface area contributed by atoms with E-state index in [1.54, 1.807) is 0 Å². The fourth-order valence-electron chi connectivity index (χ4n) is 4.34. The second kappa shape index (κ2) is 7.74. The predicted octanol–water partition coefficient (Wildman–Crippen LogP) is 2.89. The van der Waals surface area contributed by atoms with Crippen molar-refractivity contribution in [2.75, 3.05) is 31.1 Å². The number of pyridine rings is 1. The lowest BCUT2D eigenvalue weighted by Gasteiger charge is -2.34. The molecule has 2 aromatic rings. The Morgan fingerprint density at radius 3 is 2.73 bits per heavy atom. The molecule has 1 unspecified atom stereocenters. The minimum Gasteiger partial charge on any atom is -0.371 e. The fourth-order valence-corrected chi connectivity index (χ4v) is 4.34. The first-order valence-corrected chi connectivity index (χ1v) is 9.99. The smallest absolute Gasteiger partial charge is 0.146 e. The maximum atomic E-state index is 4.60. The minimum atomic E-state index is 0.449. The maximum absolute atomic E-state index is 4.60. The van der Waals surface area contributed by atoms with Crippen LogP contribution in [0.3, 0.4) is 0 Å². The summed E-state index contributed by atoms with van der Waals surface area (Å²) < 4.78 is 2.25. The lowest BCUT2D eigenvalue weighted by atomic mass is 9.96. The van der Waals surface area contributed by atoms with E-state index in [0.717, 1.165) is 37.0 Å². The molecule has 1 atom stereocenters. The summed E-state index contributed by atoms with van der Waals surface area (Å²) in [7, 11) is 2.14. The second-order valence-electron chi connectivity index (χ2n) is 7.81.